The molecule has 2 heteroatoms. The van der Waals surface area contributed by atoms with Crippen molar-refractivity contribution in [1.29, 1.82) is 0 Å². The summed E-state index contributed by atoms with van der Waals surface area (Å²) in [5, 5.41) is 2.22. The molecular formula is C21H20O2. The smallest absolute Gasteiger partial charge is 0.169 e. The Morgan fingerprint density at radius 2 is 2.13 bits per heavy atom. The summed E-state index contributed by atoms with van der Waals surface area (Å²) in [6.45, 7) is 0. The topological polar surface area (TPSA) is 26.3 Å². The molecule has 2 nitrogen and oxygen atoms in total. The van der Waals surface area contributed by atoms with Gasteiger partial charge in [0.1, 0.15) is 5.75 Å². The van der Waals surface area contributed by atoms with Gasteiger partial charge in [-0.1, -0.05) is 30.4 Å². The van der Waals surface area contributed by atoms with Crippen molar-refractivity contribution in [3.8, 4) is 5.75 Å². The van der Waals surface area contributed by atoms with E-state index in [2.05, 4.69) is 30.4 Å². The number of methoxy groups -OCH3 is 1. The highest BCUT2D eigenvalue weighted by molar-refractivity contribution is 6.07. The average molecular weight is 304 g/mol. The Morgan fingerprint density at radius 3 is 2.87 bits per heavy atom. The Kier molecular flexibility index (Phi) is 2.60. The first kappa shape index (κ1) is 13.4. The summed E-state index contributed by atoms with van der Waals surface area (Å²) in [7, 11) is 1.69. The lowest BCUT2D eigenvalue weighted by molar-refractivity contribution is 0.0703. The van der Waals surface area contributed by atoms with Gasteiger partial charge in [0.2, 0.25) is 0 Å². The van der Waals surface area contributed by atoms with E-state index in [1.54, 1.807) is 7.11 Å². The number of hydrogen-bond acceptors (Lipinski definition) is 2. The van der Waals surface area contributed by atoms with Crippen LogP contribution >= 0.6 is 0 Å². The molecule has 0 amide bonds. The molecule has 0 heterocycles. The van der Waals surface area contributed by atoms with Crippen LogP contribution in [0.2, 0.25) is 0 Å². The molecule has 0 aromatic heterocycles. The molecule has 2 bridgehead atoms. The van der Waals surface area contributed by atoms with Crippen LogP contribution in [-0.4, -0.2) is 12.9 Å². The number of carbonyl (C=O) groups excluding carboxylic acids is 1. The maximum atomic E-state index is 13.4. The van der Waals surface area contributed by atoms with Gasteiger partial charge in [0, 0.05) is 16.4 Å². The fraction of sp³-hybridized carbons (Fsp3) is 0.381. The molecule has 3 aliphatic rings. The summed E-state index contributed by atoms with van der Waals surface area (Å²) in [5.41, 5.74) is 2.03. The summed E-state index contributed by atoms with van der Waals surface area (Å²) in [6, 6.07) is 10.4. The van der Waals surface area contributed by atoms with E-state index in [-0.39, 0.29) is 5.41 Å². The van der Waals surface area contributed by atoms with Gasteiger partial charge in [-0.3, -0.25) is 4.79 Å². The maximum absolute atomic E-state index is 13.4. The van der Waals surface area contributed by atoms with E-state index in [1.807, 2.05) is 12.1 Å². The summed E-state index contributed by atoms with van der Waals surface area (Å²) in [4.78, 5) is 13.4. The number of benzene rings is 2. The van der Waals surface area contributed by atoms with Crippen LogP contribution in [0.5, 0.6) is 5.75 Å². The number of ether oxygens (including phenoxy) is 1. The highest BCUT2D eigenvalue weighted by atomic mass is 16.5. The minimum absolute atomic E-state index is 0.123. The minimum Gasteiger partial charge on any atom is -0.496 e. The monoisotopic (exact) mass is 304 g/mol. The van der Waals surface area contributed by atoms with Crippen molar-refractivity contribution in [1.82, 2.24) is 0 Å². The van der Waals surface area contributed by atoms with Gasteiger partial charge >= 0.3 is 0 Å². The quantitative estimate of drug-likeness (QED) is 0.722. The number of allylic oxidation sites excluding steroid dienone is 2. The van der Waals surface area contributed by atoms with Crippen LogP contribution in [0.25, 0.3) is 10.8 Å². The first-order valence-electron chi connectivity index (χ1n) is 8.54. The normalized spacial score (nSPS) is 31.1. The number of hydrogen-bond donors (Lipinski definition) is 0. The predicted octanol–water partition coefficient (Wildman–Crippen LogP) is 4.56. The lowest BCUT2D eigenvalue weighted by Gasteiger charge is -2.38. The van der Waals surface area contributed by atoms with E-state index in [4.69, 9.17) is 4.74 Å². The molecule has 3 unspecified atom stereocenters. The second-order valence-electron chi connectivity index (χ2n) is 7.37. The highest BCUT2D eigenvalue weighted by Gasteiger charge is 2.54. The van der Waals surface area contributed by atoms with Crippen molar-refractivity contribution in [3.05, 3.63) is 53.6 Å². The number of ketones is 1. The summed E-state index contributed by atoms with van der Waals surface area (Å²) in [5.74, 6) is 2.32. The lowest BCUT2D eigenvalue weighted by Crippen LogP contribution is -2.39. The number of aryl methyl sites for hydroxylation is 1. The Bertz CT molecular complexity index is 864. The van der Waals surface area contributed by atoms with Gasteiger partial charge in [0.15, 0.2) is 5.78 Å². The van der Waals surface area contributed by atoms with Crippen LogP contribution in [0.4, 0.5) is 0 Å². The van der Waals surface area contributed by atoms with Gasteiger partial charge in [-0.25, -0.2) is 0 Å². The van der Waals surface area contributed by atoms with Crippen LogP contribution in [0, 0.1) is 17.3 Å². The van der Waals surface area contributed by atoms with Crippen molar-refractivity contribution < 1.29 is 9.53 Å². The van der Waals surface area contributed by atoms with Crippen molar-refractivity contribution in [3.63, 3.8) is 0 Å². The summed E-state index contributed by atoms with van der Waals surface area (Å²) >= 11 is 0. The fourth-order valence-corrected chi connectivity index (χ4v) is 5.18. The summed E-state index contributed by atoms with van der Waals surface area (Å²) < 4.78 is 5.50. The van der Waals surface area contributed by atoms with Gasteiger partial charge < -0.3 is 4.74 Å². The van der Waals surface area contributed by atoms with E-state index in [1.165, 1.54) is 17.4 Å². The molecule has 1 saturated carbocycles. The number of Topliss-reactive ketones (excluding diaryl/α,β-unsaturated/α-hetero) is 1. The van der Waals surface area contributed by atoms with Gasteiger partial charge in [-0.05, 0) is 60.6 Å². The molecule has 0 radical (unpaired) electrons. The van der Waals surface area contributed by atoms with E-state index in [9.17, 15) is 4.79 Å². The Balaban J connectivity index is 1.69. The third-order valence-electron chi connectivity index (χ3n) is 6.33. The first-order valence-corrected chi connectivity index (χ1v) is 8.54. The highest BCUT2D eigenvalue weighted by Crippen LogP contribution is 2.57. The van der Waals surface area contributed by atoms with E-state index in [0.717, 1.165) is 36.0 Å². The Hall–Kier alpha value is -2.09. The minimum atomic E-state index is -0.123. The fourth-order valence-electron chi connectivity index (χ4n) is 5.18. The van der Waals surface area contributed by atoms with Gasteiger partial charge in [-0.15, -0.1) is 0 Å². The zero-order valence-corrected chi connectivity index (χ0v) is 13.3. The van der Waals surface area contributed by atoms with E-state index >= 15 is 0 Å². The molecule has 116 valence electrons. The van der Waals surface area contributed by atoms with E-state index in [0.29, 0.717) is 17.6 Å². The third-order valence-corrected chi connectivity index (χ3v) is 6.33. The second-order valence-corrected chi connectivity index (χ2v) is 7.37. The average Bonchev–Trinajstić information content (AvgIpc) is 3.18. The molecule has 2 aromatic rings. The van der Waals surface area contributed by atoms with Crippen molar-refractivity contribution in [2.24, 2.45) is 17.3 Å². The van der Waals surface area contributed by atoms with Gasteiger partial charge in [-0.2, -0.15) is 0 Å². The Morgan fingerprint density at radius 1 is 1.22 bits per heavy atom. The van der Waals surface area contributed by atoms with E-state index < -0.39 is 0 Å². The Labute approximate surface area is 136 Å². The molecule has 0 aliphatic heterocycles. The van der Waals surface area contributed by atoms with Crippen molar-refractivity contribution in [2.45, 2.75) is 25.7 Å². The van der Waals surface area contributed by atoms with Gasteiger partial charge in [0.05, 0.1) is 7.11 Å². The molecule has 1 fully saturated rings. The zero-order chi connectivity index (χ0) is 15.6. The molecular weight excluding hydrogens is 284 g/mol. The van der Waals surface area contributed by atoms with Gasteiger partial charge in [0.25, 0.3) is 0 Å². The SMILES string of the molecule is COc1cccc2cc3c(cc12)C(=O)C1(CC3)CC2C=CC1C2. The molecule has 1 spiro atoms. The molecule has 2 aromatic carbocycles. The summed E-state index contributed by atoms with van der Waals surface area (Å²) in [6.07, 6.45) is 8.89. The number of rotatable bonds is 1. The third kappa shape index (κ3) is 1.67. The molecule has 5 rings (SSSR count). The molecule has 23 heavy (non-hydrogen) atoms. The predicted molar refractivity (Wildman–Crippen MR) is 90.9 cm³/mol. The van der Waals surface area contributed by atoms with Crippen LogP contribution in [0.1, 0.15) is 35.2 Å². The van der Waals surface area contributed by atoms with Crippen LogP contribution < -0.4 is 4.74 Å². The van der Waals surface area contributed by atoms with Crippen LogP contribution in [0.3, 0.4) is 0 Å². The van der Waals surface area contributed by atoms with Crippen molar-refractivity contribution in [2.75, 3.05) is 7.11 Å². The molecule has 0 N–H and O–H groups in total. The lowest BCUT2D eigenvalue weighted by atomic mass is 9.63. The standard InChI is InChI=1S/C21H20O2/c1-23-19-4-2-3-14-10-15-7-8-21(12-13-5-6-16(21)9-13)20(22)18(15)11-17(14)19/h2-6,10-11,13,16H,7-9,12H2,1H3. The number of carbonyl (C=O) groups is 1. The largest absolute Gasteiger partial charge is 0.496 e. The molecule has 3 atom stereocenters. The second kappa shape index (κ2) is 4.47. The van der Waals surface area contributed by atoms with Crippen LogP contribution in [0.15, 0.2) is 42.5 Å². The zero-order valence-electron chi connectivity index (χ0n) is 13.3. The molecule has 0 saturated heterocycles. The first-order chi connectivity index (χ1) is 11.2. The molecule has 3 aliphatic carbocycles. The number of fused-ring (bicyclic) bond motifs is 5. The van der Waals surface area contributed by atoms with Crippen LogP contribution in [-0.2, 0) is 6.42 Å². The maximum Gasteiger partial charge on any atom is 0.169 e. The van der Waals surface area contributed by atoms with Crippen molar-refractivity contribution >= 4 is 16.6 Å².